The van der Waals surface area contributed by atoms with E-state index in [2.05, 4.69) is 68.3 Å². The predicted octanol–water partition coefficient (Wildman–Crippen LogP) is 9.11. The number of rotatable bonds is 9. The van der Waals surface area contributed by atoms with Crippen LogP contribution in [0, 0.1) is 47.1 Å². The summed E-state index contributed by atoms with van der Waals surface area (Å²) in [7, 11) is 3.87. The molecular formula is C50H61ClF2N12. The smallest absolute Gasteiger partial charge is 0.142 e. The van der Waals surface area contributed by atoms with Crippen LogP contribution in [-0.4, -0.2) is 83.3 Å². The van der Waals surface area contributed by atoms with Crippen molar-refractivity contribution in [3.05, 3.63) is 100 Å². The Balaban J connectivity index is 0.000000157. The lowest BCUT2D eigenvalue weighted by molar-refractivity contribution is 0.241. The third kappa shape index (κ3) is 8.34. The van der Waals surface area contributed by atoms with Crippen LogP contribution in [0.1, 0.15) is 76.2 Å². The number of benzene rings is 2. The number of nitrogens with zero attached hydrogens (tertiary/aromatic N) is 9. The molecule has 4 fully saturated rings. The first-order chi connectivity index (χ1) is 31.3. The Labute approximate surface area is 386 Å². The molecule has 0 radical (unpaired) electrons. The molecule has 2 aromatic carbocycles. The zero-order chi connectivity index (χ0) is 45.2. The van der Waals surface area contributed by atoms with Crippen LogP contribution >= 0.6 is 11.6 Å². The minimum Gasteiger partial charge on any atom is -0.373 e. The van der Waals surface area contributed by atoms with Gasteiger partial charge in [0.2, 0.25) is 0 Å². The molecule has 4 unspecified atom stereocenters. The summed E-state index contributed by atoms with van der Waals surface area (Å²) in [6.45, 7) is 14.6. The number of aromatic nitrogens is 6. The highest BCUT2D eigenvalue weighted by Crippen LogP contribution is 2.50. The second-order valence-electron chi connectivity index (χ2n) is 20.5. The van der Waals surface area contributed by atoms with Crippen LogP contribution < -0.4 is 30.7 Å². The molecule has 2 saturated heterocycles. The summed E-state index contributed by atoms with van der Waals surface area (Å²) in [6.07, 6.45) is 8.40. The van der Waals surface area contributed by atoms with Crippen molar-refractivity contribution in [2.24, 2.45) is 35.5 Å². The molecule has 2 aliphatic carbocycles. The minimum atomic E-state index is -0.234. The molecular weight excluding hydrogens is 842 g/mol. The number of piperidine rings is 2. The van der Waals surface area contributed by atoms with Gasteiger partial charge >= 0.3 is 0 Å². The van der Waals surface area contributed by atoms with Crippen LogP contribution in [0.3, 0.4) is 0 Å². The average molecular weight is 904 g/mol. The maximum Gasteiger partial charge on any atom is 0.142 e. The summed E-state index contributed by atoms with van der Waals surface area (Å²) in [5.74, 6) is 9.83. The van der Waals surface area contributed by atoms with Crippen molar-refractivity contribution in [3.8, 4) is 0 Å². The van der Waals surface area contributed by atoms with Crippen LogP contribution in [0.5, 0.6) is 0 Å². The van der Waals surface area contributed by atoms with Crippen LogP contribution in [0.2, 0.25) is 5.15 Å². The second kappa shape index (κ2) is 17.2. The number of fused-ring (bicyclic) bond motifs is 6. The summed E-state index contributed by atoms with van der Waals surface area (Å²) >= 11 is 6.12. The van der Waals surface area contributed by atoms with Gasteiger partial charge in [0.1, 0.15) is 63.9 Å². The molecule has 65 heavy (non-hydrogen) atoms. The number of hydrogen-bond donors (Lipinski definition) is 3. The van der Waals surface area contributed by atoms with Crippen molar-refractivity contribution in [1.29, 1.82) is 0 Å². The van der Waals surface area contributed by atoms with Gasteiger partial charge in [0.15, 0.2) is 0 Å². The van der Waals surface area contributed by atoms with Gasteiger partial charge in [-0.25, -0.2) is 38.7 Å². The first kappa shape index (κ1) is 43.7. The van der Waals surface area contributed by atoms with E-state index in [1.54, 1.807) is 0 Å². The van der Waals surface area contributed by atoms with Gasteiger partial charge in [0.25, 0.3) is 0 Å². The molecule has 4 aliphatic heterocycles. The van der Waals surface area contributed by atoms with Gasteiger partial charge in [0.05, 0.1) is 0 Å². The Morgan fingerprint density at radius 2 is 1.09 bits per heavy atom. The van der Waals surface area contributed by atoms with E-state index in [1.165, 1.54) is 56.3 Å². The molecule has 2 saturated carbocycles. The highest BCUT2D eigenvalue weighted by atomic mass is 35.5. The van der Waals surface area contributed by atoms with E-state index in [-0.39, 0.29) is 22.5 Å². The van der Waals surface area contributed by atoms with E-state index in [1.807, 2.05) is 44.4 Å². The fourth-order valence-corrected chi connectivity index (χ4v) is 12.4. The van der Waals surface area contributed by atoms with Crippen molar-refractivity contribution < 1.29 is 8.78 Å². The summed E-state index contributed by atoms with van der Waals surface area (Å²) in [5.41, 5.74) is 3.98. The van der Waals surface area contributed by atoms with E-state index < -0.39 is 0 Å². The zero-order valence-electron chi connectivity index (χ0n) is 38.4. The lowest BCUT2D eigenvalue weighted by Gasteiger charge is -2.38. The van der Waals surface area contributed by atoms with E-state index in [0.717, 1.165) is 127 Å². The minimum absolute atomic E-state index is 0.0889. The molecule has 11 rings (SSSR count). The fourth-order valence-electron chi connectivity index (χ4n) is 12.2. The molecule has 4 bridgehead atoms. The Morgan fingerprint density at radius 1 is 0.646 bits per heavy atom. The Kier molecular flexibility index (Phi) is 11.6. The summed E-state index contributed by atoms with van der Waals surface area (Å²) in [4.78, 5) is 35.5. The van der Waals surface area contributed by atoms with Gasteiger partial charge in [-0.2, -0.15) is 0 Å². The van der Waals surface area contributed by atoms with Gasteiger partial charge < -0.3 is 30.7 Å². The maximum atomic E-state index is 13.6. The molecule has 12 nitrogen and oxygen atoms in total. The molecule has 5 aromatic rings. The molecule has 4 atom stereocenters. The van der Waals surface area contributed by atoms with Crippen molar-refractivity contribution in [2.75, 3.05) is 78.7 Å². The van der Waals surface area contributed by atoms with Gasteiger partial charge in [-0.15, -0.1) is 0 Å². The van der Waals surface area contributed by atoms with Crippen LogP contribution in [-0.2, 0) is 23.7 Å². The van der Waals surface area contributed by atoms with Crippen molar-refractivity contribution in [1.82, 2.24) is 35.2 Å². The highest BCUT2D eigenvalue weighted by molar-refractivity contribution is 6.29. The molecule has 0 spiro atoms. The van der Waals surface area contributed by atoms with Gasteiger partial charge in [0, 0.05) is 92.5 Å². The first-order valence-electron chi connectivity index (χ1n) is 23.5. The quantitative estimate of drug-likeness (QED) is 0.122. The summed E-state index contributed by atoms with van der Waals surface area (Å²) in [5, 5.41) is 10.7. The molecule has 15 heteroatoms. The van der Waals surface area contributed by atoms with Crippen molar-refractivity contribution in [3.63, 3.8) is 0 Å². The maximum absolute atomic E-state index is 13.6. The normalized spacial score (nSPS) is 25.5. The zero-order valence-corrected chi connectivity index (χ0v) is 39.1. The van der Waals surface area contributed by atoms with E-state index in [0.29, 0.717) is 28.8 Å². The summed E-state index contributed by atoms with van der Waals surface area (Å²) in [6, 6.07) is 15.3. The van der Waals surface area contributed by atoms with Gasteiger partial charge in [-0.3, -0.25) is 0 Å². The molecule has 342 valence electrons. The average Bonchev–Trinajstić information content (AvgIpc) is 3.87. The predicted molar refractivity (Wildman–Crippen MR) is 255 cm³/mol. The fraction of sp³-hybridized carbons (Fsp3) is 0.520. The van der Waals surface area contributed by atoms with Crippen LogP contribution in [0.15, 0.2) is 60.9 Å². The van der Waals surface area contributed by atoms with Crippen molar-refractivity contribution >= 4 is 52.1 Å². The Morgan fingerprint density at radius 3 is 1.54 bits per heavy atom. The van der Waals surface area contributed by atoms with Gasteiger partial charge in [-0.05, 0) is 123 Å². The highest BCUT2D eigenvalue weighted by Gasteiger charge is 2.46. The first-order valence-corrected chi connectivity index (χ1v) is 23.8. The molecule has 6 aliphatic rings. The SMILES string of the molecule is CNc1nc(CC2C3CCC2CN(c2cc(Cl)ncn2)C3)nc2c1C(C)(C)CN2c1ccc(F)cc1.CNc1nc(CC2C3CCC2CNC3)nc2c1C(C)(C)CN2c1ccc(F)cc1. The lowest BCUT2D eigenvalue weighted by Crippen LogP contribution is -2.43. The van der Waals surface area contributed by atoms with Crippen LogP contribution in [0.4, 0.5) is 49.2 Å². The van der Waals surface area contributed by atoms with Crippen LogP contribution in [0.25, 0.3) is 0 Å². The van der Waals surface area contributed by atoms with E-state index in [9.17, 15) is 8.78 Å². The number of anilines is 7. The molecule has 0 amide bonds. The number of hydrogen-bond acceptors (Lipinski definition) is 12. The van der Waals surface area contributed by atoms with Gasteiger partial charge in [-0.1, -0.05) is 39.3 Å². The Bertz CT molecular complexity index is 2510. The Hall–Kier alpha value is -5.21. The number of nitrogens with one attached hydrogen (secondary N) is 3. The topological polar surface area (TPSA) is 123 Å². The third-order valence-electron chi connectivity index (χ3n) is 15.3. The largest absolute Gasteiger partial charge is 0.373 e. The molecule has 3 aromatic heterocycles. The van der Waals surface area contributed by atoms with Crippen molar-refractivity contribution in [2.45, 2.75) is 77.0 Å². The van der Waals surface area contributed by atoms with E-state index in [4.69, 9.17) is 31.5 Å². The summed E-state index contributed by atoms with van der Waals surface area (Å²) < 4.78 is 27.1. The third-order valence-corrected chi connectivity index (χ3v) is 15.5. The molecule has 7 heterocycles. The standard InChI is InChI=1S/C27H31ClFN7.C23H30FN5/c1-27(2)14-36(19-8-6-18(29)7-9-19)26-24(27)25(30-3)33-22(34-26)10-20-16-4-5-17(20)13-35(12-16)23-11-21(28)31-15-32-23;1-23(2)13-29(17-8-6-16(24)7-9-17)22-20(23)21(25-3)27-19(28-22)10-18-14-4-5-15(18)12-26-11-14/h6-9,11,15-17,20H,4-5,10,12-14H2,1-3H3,(H,30,33,34);6-9,14-15,18,26H,4-5,10-13H2,1-3H3,(H,25,27,28). The number of halogens is 3. The second-order valence-corrected chi connectivity index (χ2v) is 20.8. The lowest BCUT2D eigenvalue weighted by atomic mass is 9.82. The molecule has 3 N–H and O–H groups in total. The van der Waals surface area contributed by atoms with E-state index >= 15 is 0 Å². The monoisotopic (exact) mass is 902 g/mol.